The van der Waals surface area contributed by atoms with Crippen LogP contribution in [0.5, 0.6) is 0 Å². The van der Waals surface area contributed by atoms with E-state index >= 15 is 0 Å². The van der Waals surface area contributed by atoms with E-state index in [1.54, 1.807) is 17.4 Å². The Balaban J connectivity index is 1.56. The van der Waals surface area contributed by atoms with Gasteiger partial charge in [0.15, 0.2) is 0 Å². The van der Waals surface area contributed by atoms with Crippen LogP contribution in [0.3, 0.4) is 0 Å². The van der Waals surface area contributed by atoms with Crippen LogP contribution in [0.1, 0.15) is 20.1 Å². The largest absolute Gasteiger partial charge is 0.398 e. The zero-order chi connectivity index (χ0) is 14.8. The summed E-state index contributed by atoms with van der Waals surface area (Å²) < 4.78 is 0. The van der Waals surface area contributed by atoms with Crippen molar-refractivity contribution in [2.45, 2.75) is 13.5 Å². The maximum atomic E-state index is 12.5. The predicted octanol–water partition coefficient (Wildman–Crippen LogP) is 2.66. The second-order valence-electron chi connectivity index (χ2n) is 5.32. The lowest BCUT2D eigenvalue weighted by atomic mass is 10.2. The van der Waals surface area contributed by atoms with Crippen LogP contribution >= 0.6 is 22.7 Å². The van der Waals surface area contributed by atoms with Gasteiger partial charge in [0.2, 0.25) is 0 Å². The molecule has 0 radical (unpaired) electrons. The molecule has 0 spiro atoms. The summed E-state index contributed by atoms with van der Waals surface area (Å²) in [5.41, 5.74) is 7.92. The summed E-state index contributed by atoms with van der Waals surface area (Å²) in [7, 11) is 0. The molecule has 0 unspecified atom stereocenters. The average Bonchev–Trinajstić information content (AvgIpc) is 3.10. The van der Waals surface area contributed by atoms with Crippen LogP contribution in [0.25, 0.3) is 0 Å². The number of hydrogen-bond acceptors (Lipinski definition) is 5. The van der Waals surface area contributed by atoms with Crippen LogP contribution < -0.4 is 5.73 Å². The first-order chi connectivity index (χ1) is 10.1. The highest BCUT2D eigenvalue weighted by Crippen LogP contribution is 2.25. The maximum absolute atomic E-state index is 12.5. The normalized spacial score (nSPS) is 16.3. The van der Waals surface area contributed by atoms with E-state index in [-0.39, 0.29) is 5.91 Å². The van der Waals surface area contributed by atoms with E-state index in [0.29, 0.717) is 0 Å². The molecule has 1 fully saturated rings. The van der Waals surface area contributed by atoms with Crippen LogP contribution in [0.4, 0.5) is 5.69 Å². The second-order valence-corrected chi connectivity index (χ2v) is 7.36. The highest BCUT2D eigenvalue weighted by atomic mass is 32.1. The SMILES string of the molecule is Cc1sc(C(=O)N2CCN(Cc3ccsc3)CC2)cc1N. The maximum Gasteiger partial charge on any atom is 0.264 e. The van der Waals surface area contributed by atoms with Crippen LogP contribution in [0.2, 0.25) is 0 Å². The summed E-state index contributed by atoms with van der Waals surface area (Å²) in [6.07, 6.45) is 0. The quantitative estimate of drug-likeness (QED) is 0.945. The third kappa shape index (κ3) is 3.28. The van der Waals surface area contributed by atoms with E-state index in [9.17, 15) is 4.79 Å². The molecule has 4 nitrogen and oxygen atoms in total. The summed E-state index contributed by atoms with van der Waals surface area (Å²) in [6, 6.07) is 3.97. The lowest BCUT2D eigenvalue weighted by Crippen LogP contribution is -2.48. The minimum atomic E-state index is 0.120. The highest BCUT2D eigenvalue weighted by Gasteiger charge is 2.23. The number of nitrogen functional groups attached to an aromatic ring is 1. The van der Waals surface area contributed by atoms with E-state index in [0.717, 1.165) is 48.2 Å². The fourth-order valence-electron chi connectivity index (χ4n) is 2.51. The molecule has 1 amide bonds. The van der Waals surface area contributed by atoms with E-state index < -0.39 is 0 Å². The first-order valence-corrected chi connectivity index (χ1v) is 8.78. The summed E-state index contributed by atoms with van der Waals surface area (Å²) in [4.78, 5) is 18.6. The molecular formula is C15H19N3OS2. The Labute approximate surface area is 132 Å². The van der Waals surface area contributed by atoms with E-state index in [1.165, 1.54) is 16.9 Å². The van der Waals surface area contributed by atoms with Gasteiger partial charge < -0.3 is 10.6 Å². The summed E-state index contributed by atoms with van der Waals surface area (Å²) in [5.74, 6) is 0.120. The van der Waals surface area contributed by atoms with Crippen molar-refractivity contribution in [2.75, 3.05) is 31.9 Å². The third-order valence-electron chi connectivity index (χ3n) is 3.81. The fourth-order valence-corrected chi connectivity index (χ4v) is 4.08. The molecule has 0 aliphatic carbocycles. The molecule has 0 saturated carbocycles. The van der Waals surface area contributed by atoms with Gasteiger partial charge in [-0.2, -0.15) is 11.3 Å². The van der Waals surface area contributed by atoms with Gasteiger partial charge in [-0.05, 0) is 35.4 Å². The molecule has 2 N–H and O–H groups in total. The molecule has 6 heteroatoms. The predicted molar refractivity (Wildman–Crippen MR) is 89.0 cm³/mol. The van der Waals surface area contributed by atoms with Crippen molar-refractivity contribution >= 4 is 34.3 Å². The Morgan fingerprint density at radius 3 is 2.67 bits per heavy atom. The van der Waals surface area contributed by atoms with Crippen molar-refractivity contribution in [3.05, 3.63) is 38.2 Å². The number of nitrogens with zero attached hydrogens (tertiary/aromatic N) is 2. The lowest BCUT2D eigenvalue weighted by Gasteiger charge is -2.34. The average molecular weight is 321 g/mol. The first kappa shape index (κ1) is 14.6. The first-order valence-electron chi connectivity index (χ1n) is 7.02. The van der Waals surface area contributed by atoms with Gasteiger partial charge >= 0.3 is 0 Å². The van der Waals surface area contributed by atoms with E-state index in [4.69, 9.17) is 5.73 Å². The Bertz CT molecular complexity index is 593. The number of carbonyl (C=O) groups excluding carboxylic acids is 1. The second kappa shape index (κ2) is 6.17. The molecule has 1 aliphatic rings. The van der Waals surface area contributed by atoms with Gasteiger partial charge in [0.25, 0.3) is 5.91 Å². The minimum Gasteiger partial charge on any atom is -0.398 e. The number of thiophene rings is 2. The van der Waals surface area contributed by atoms with Crippen LogP contribution in [-0.2, 0) is 6.54 Å². The fraction of sp³-hybridized carbons (Fsp3) is 0.400. The van der Waals surface area contributed by atoms with Gasteiger partial charge in [-0.15, -0.1) is 11.3 Å². The lowest BCUT2D eigenvalue weighted by molar-refractivity contribution is 0.0633. The molecule has 2 aromatic heterocycles. The van der Waals surface area contributed by atoms with Gasteiger partial charge in [0.1, 0.15) is 0 Å². The summed E-state index contributed by atoms with van der Waals surface area (Å²) in [5, 5.41) is 4.30. The number of aryl methyl sites for hydroxylation is 1. The molecule has 2 aromatic rings. The standard InChI is InChI=1S/C15H19N3OS2/c1-11-13(16)8-14(21-11)15(19)18-5-3-17(4-6-18)9-12-2-7-20-10-12/h2,7-8,10H,3-6,9,16H2,1H3. The zero-order valence-corrected chi connectivity index (χ0v) is 13.7. The van der Waals surface area contributed by atoms with Crippen molar-refractivity contribution in [2.24, 2.45) is 0 Å². The van der Waals surface area contributed by atoms with Crippen molar-refractivity contribution in [1.82, 2.24) is 9.80 Å². The van der Waals surface area contributed by atoms with Gasteiger partial charge in [0, 0.05) is 43.3 Å². The summed E-state index contributed by atoms with van der Waals surface area (Å²) >= 11 is 3.23. The Morgan fingerprint density at radius 2 is 2.10 bits per heavy atom. The summed E-state index contributed by atoms with van der Waals surface area (Å²) in [6.45, 7) is 6.38. The van der Waals surface area contributed by atoms with Gasteiger partial charge in [-0.1, -0.05) is 0 Å². The van der Waals surface area contributed by atoms with Gasteiger partial charge in [0.05, 0.1) is 4.88 Å². The topological polar surface area (TPSA) is 49.6 Å². The zero-order valence-electron chi connectivity index (χ0n) is 12.0. The van der Waals surface area contributed by atoms with Crippen molar-refractivity contribution in [1.29, 1.82) is 0 Å². The highest BCUT2D eigenvalue weighted by molar-refractivity contribution is 7.14. The van der Waals surface area contributed by atoms with Crippen LogP contribution in [-0.4, -0.2) is 41.9 Å². The van der Waals surface area contributed by atoms with Crippen molar-refractivity contribution < 1.29 is 4.79 Å². The smallest absolute Gasteiger partial charge is 0.264 e. The molecule has 112 valence electrons. The number of anilines is 1. The molecule has 0 aromatic carbocycles. The Kier molecular flexibility index (Phi) is 4.28. The Morgan fingerprint density at radius 1 is 1.33 bits per heavy atom. The van der Waals surface area contributed by atoms with Crippen molar-refractivity contribution in [3.63, 3.8) is 0 Å². The minimum absolute atomic E-state index is 0.120. The number of piperazine rings is 1. The third-order valence-corrected chi connectivity index (χ3v) is 5.60. The van der Waals surface area contributed by atoms with Crippen LogP contribution in [0, 0.1) is 6.92 Å². The molecule has 0 bridgehead atoms. The van der Waals surface area contributed by atoms with E-state index in [2.05, 4.69) is 21.7 Å². The number of nitrogens with two attached hydrogens (primary N) is 1. The number of hydrogen-bond donors (Lipinski definition) is 1. The molecule has 0 atom stereocenters. The molecule has 3 rings (SSSR count). The molecule has 1 aliphatic heterocycles. The molecule has 1 saturated heterocycles. The monoisotopic (exact) mass is 321 g/mol. The van der Waals surface area contributed by atoms with Crippen LogP contribution in [0.15, 0.2) is 22.9 Å². The molecule has 3 heterocycles. The van der Waals surface area contributed by atoms with Gasteiger partial charge in [-0.3, -0.25) is 9.69 Å². The molecule has 21 heavy (non-hydrogen) atoms. The Hall–Kier alpha value is -1.37. The van der Waals surface area contributed by atoms with Crippen molar-refractivity contribution in [3.8, 4) is 0 Å². The number of amides is 1. The molecular weight excluding hydrogens is 302 g/mol. The van der Waals surface area contributed by atoms with E-state index in [1.807, 2.05) is 11.8 Å². The number of carbonyl (C=O) groups is 1. The number of rotatable bonds is 3. The van der Waals surface area contributed by atoms with Gasteiger partial charge in [-0.25, -0.2) is 0 Å².